The topological polar surface area (TPSA) is 17.1 Å². The quantitative estimate of drug-likeness (QED) is 0.640. The summed E-state index contributed by atoms with van der Waals surface area (Å²) in [7, 11) is 0. The molecule has 1 heteroatoms. The fraction of sp³-hybridized carbons (Fsp3) is 0.611. The van der Waals surface area contributed by atoms with Crippen LogP contribution in [0.1, 0.15) is 81.8 Å². The van der Waals surface area contributed by atoms with E-state index in [4.69, 9.17) is 0 Å². The molecule has 0 bridgehead atoms. The number of rotatable bonds is 6. The lowest BCUT2D eigenvalue weighted by Gasteiger charge is -2.14. The Morgan fingerprint density at radius 3 is 2.53 bits per heavy atom. The van der Waals surface area contributed by atoms with Gasteiger partial charge in [0.15, 0.2) is 0 Å². The number of hydrogen-bond acceptors (Lipinski definition) is 1. The number of hydrogen-bond donors (Lipinski definition) is 0. The Balaban J connectivity index is 1.95. The van der Waals surface area contributed by atoms with Crippen LogP contribution in [0.25, 0.3) is 0 Å². The molecule has 0 N–H and O–H groups in total. The van der Waals surface area contributed by atoms with Gasteiger partial charge in [0.05, 0.1) is 0 Å². The van der Waals surface area contributed by atoms with Gasteiger partial charge in [0.1, 0.15) is 5.78 Å². The van der Waals surface area contributed by atoms with Gasteiger partial charge in [-0.25, -0.2) is 0 Å². The van der Waals surface area contributed by atoms with Crippen molar-refractivity contribution in [2.75, 3.05) is 0 Å². The predicted octanol–water partition coefficient (Wildman–Crippen LogP) is 5.21. The van der Waals surface area contributed by atoms with Crippen LogP contribution in [0.4, 0.5) is 0 Å². The molecule has 1 nitrogen and oxygen atoms in total. The van der Waals surface area contributed by atoms with E-state index in [0.717, 1.165) is 19.3 Å². The molecule has 1 unspecified atom stereocenters. The lowest BCUT2D eigenvalue weighted by atomic mass is 9.91. The molecule has 0 radical (unpaired) electrons. The molecule has 0 aromatic heterocycles. The monoisotopic (exact) mass is 258 g/mol. The van der Waals surface area contributed by atoms with Crippen molar-refractivity contribution in [3.8, 4) is 0 Å². The number of ketones is 1. The second-order valence-corrected chi connectivity index (χ2v) is 5.97. The summed E-state index contributed by atoms with van der Waals surface area (Å²) >= 11 is 0. The first-order valence-electron chi connectivity index (χ1n) is 7.85. The van der Waals surface area contributed by atoms with Crippen molar-refractivity contribution in [1.29, 1.82) is 0 Å². The standard InChI is InChI=1S/C18H26O/c1-3-4-5-7-14(2)15-10-12-16(13-11-15)17-8-6-9-18(17)19/h10-14,17H,3-9H2,1-2H3/t14?,17-/m0/s1. The molecule has 0 aliphatic heterocycles. The first kappa shape index (κ1) is 14.3. The summed E-state index contributed by atoms with van der Waals surface area (Å²) in [5.41, 5.74) is 2.65. The van der Waals surface area contributed by atoms with Crippen LogP contribution >= 0.6 is 0 Å². The maximum atomic E-state index is 11.8. The van der Waals surface area contributed by atoms with Crippen LogP contribution < -0.4 is 0 Å². The molecule has 1 aliphatic carbocycles. The number of Topliss-reactive ketones (excluding diaryl/α,β-unsaturated/α-hetero) is 1. The van der Waals surface area contributed by atoms with E-state index in [1.54, 1.807) is 0 Å². The van der Waals surface area contributed by atoms with Crippen LogP contribution in [0.5, 0.6) is 0 Å². The van der Waals surface area contributed by atoms with Crippen LogP contribution in [0.3, 0.4) is 0 Å². The van der Waals surface area contributed by atoms with Crippen molar-refractivity contribution in [2.24, 2.45) is 0 Å². The molecule has 0 heterocycles. The lowest BCUT2D eigenvalue weighted by Crippen LogP contribution is -2.04. The first-order valence-corrected chi connectivity index (χ1v) is 7.85. The smallest absolute Gasteiger partial charge is 0.140 e. The molecule has 0 spiro atoms. The Morgan fingerprint density at radius 1 is 1.21 bits per heavy atom. The fourth-order valence-corrected chi connectivity index (χ4v) is 3.09. The Morgan fingerprint density at radius 2 is 1.95 bits per heavy atom. The molecule has 2 atom stereocenters. The fourth-order valence-electron chi connectivity index (χ4n) is 3.09. The van der Waals surface area contributed by atoms with E-state index in [0.29, 0.717) is 11.7 Å². The lowest BCUT2D eigenvalue weighted by molar-refractivity contribution is -0.118. The largest absolute Gasteiger partial charge is 0.299 e. The van der Waals surface area contributed by atoms with Crippen molar-refractivity contribution in [2.45, 2.75) is 70.6 Å². The number of benzene rings is 1. The molecule has 104 valence electrons. The zero-order valence-electron chi connectivity index (χ0n) is 12.3. The second-order valence-electron chi connectivity index (χ2n) is 5.97. The van der Waals surface area contributed by atoms with Crippen LogP contribution in [-0.2, 0) is 4.79 Å². The van der Waals surface area contributed by atoms with Gasteiger partial charge in [-0.2, -0.15) is 0 Å². The number of carbonyl (C=O) groups excluding carboxylic acids is 1. The first-order chi connectivity index (χ1) is 9.22. The van der Waals surface area contributed by atoms with Gasteiger partial charge in [-0.15, -0.1) is 0 Å². The van der Waals surface area contributed by atoms with E-state index in [9.17, 15) is 4.79 Å². The molecule has 0 saturated heterocycles. The van der Waals surface area contributed by atoms with E-state index >= 15 is 0 Å². The normalized spacial score (nSPS) is 20.7. The molecule has 1 saturated carbocycles. The molecule has 1 aliphatic rings. The van der Waals surface area contributed by atoms with Gasteiger partial charge in [0, 0.05) is 12.3 Å². The van der Waals surface area contributed by atoms with Gasteiger partial charge < -0.3 is 0 Å². The minimum Gasteiger partial charge on any atom is -0.299 e. The van der Waals surface area contributed by atoms with Crippen molar-refractivity contribution in [3.63, 3.8) is 0 Å². The van der Waals surface area contributed by atoms with Crippen LogP contribution in [0, 0.1) is 0 Å². The highest BCUT2D eigenvalue weighted by Crippen LogP contribution is 2.32. The number of carbonyl (C=O) groups is 1. The zero-order chi connectivity index (χ0) is 13.7. The number of unbranched alkanes of at least 4 members (excludes halogenated alkanes) is 2. The highest BCUT2D eigenvalue weighted by atomic mass is 16.1. The summed E-state index contributed by atoms with van der Waals surface area (Å²) in [6.07, 6.45) is 8.10. The third-order valence-corrected chi connectivity index (χ3v) is 4.45. The predicted molar refractivity (Wildman–Crippen MR) is 80.6 cm³/mol. The molecule has 1 fully saturated rings. The molecule has 19 heavy (non-hydrogen) atoms. The van der Waals surface area contributed by atoms with Crippen LogP contribution in [0.15, 0.2) is 24.3 Å². The van der Waals surface area contributed by atoms with Crippen LogP contribution in [-0.4, -0.2) is 5.78 Å². The van der Waals surface area contributed by atoms with Crippen LogP contribution in [0.2, 0.25) is 0 Å². The SMILES string of the molecule is CCCCCC(C)c1ccc([C@@H]2CCCC2=O)cc1. The van der Waals surface area contributed by atoms with E-state index in [1.165, 1.54) is 36.8 Å². The maximum absolute atomic E-state index is 11.8. The Labute approximate surface area is 117 Å². The third kappa shape index (κ3) is 3.68. The van der Waals surface area contributed by atoms with Crippen molar-refractivity contribution in [3.05, 3.63) is 35.4 Å². The van der Waals surface area contributed by atoms with Gasteiger partial charge in [-0.05, 0) is 36.3 Å². The molecular weight excluding hydrogens is 232 g/mol. The van der Waals surface area contributed by atoms with Crippen molar-refractivity contribution < 1.29 is 4.79 Å². The summed E-state index contributed by atoms with van der Waals surface area (Å²) in [6, 6.07) is 8.83. The molecule has 0 amide bonds. The van der Waals surface area contributed by atoms with Gasteiger partial charge >= 0.3 is 0 Å². The van der Waals surface area contributed by atoms with E-state index in [1.807, 2.05) is 0 Å². The molecule has 1 aromatic rings. The zero-order valence-corrected chi connectivity index (χ0v) is 12.3. The molecular formula is C18H26O. The Bertz CT molecular complexity index is 404. The summed E-state index contributed by atoms with van der Waals surface area (Å²) in [5.74, 6) is 1.26. The van der Waals surface area contributed by atoms with Crippen molar-refractivity contribution >= 4 is 5.78 Å². The summed E-state index contributed by atoms with van der Waals surface area (Å²) in [4.78, 5) is 11.8. The average molecular weight is 258 g/mol. The third-order valence-electron chi connectivity index (χ3n) is 4.45. The Kier molecular flexibility index (Phi) is 5.18. The van der Waals surface area contributed by atoms with Gasteiger partial charge in [0.25, 0.3) is 0 Å². The van der Waals surface area contributed by atoms with Gasteiger partial charge in [0.2, 0.25) is 0 Å². The summed E-state index contributed by atoms with van der Waals surface area (Å²) in [6.45, 7) is 4.56. The summed E-state index contributed by atoms with van der Waals surface area (Å²) < 4.78 is 0. The highest BCUT2D eigenvalue weighted by molar-refractivity contribution is 5.87. The minimum absolute atomic E-state index is 0.185. The van der Waals surface area contributed by atoms with Crippen molar-refractivity contribution in [1.82, 2.24) is 0 Å². The van der Waals surface area contributed by atoms with Gasteiger partial charge in [-0.3, -0.25) is 4.79 Å². The average Bonchev–Trinajstić information content (AvgIpc) is 2.85. The minimum atomic E-state index is 0.185. The van der Waals surface area contributed by atoms with Gasteiger partial charge in [-0.1, -0.05) is 57.4 Å². The Hall–Kier alpha value is -1.11. The highest BCUT2D eigenvalue weighted by Gasteiger charge is 2.25. The maximum Gasteiger partial charge on any atom is 0.140 e. The summed E-state index contributed by atoms with van der Waals surface area (Å²) in [5, 5.41) is 0. The molecule has 2 rings (SSSR count). The van der Waals surface area contributed by atoms with E-state index in [-0.39, 0.29) is 5.92 Å². The van der Waals surface area contributed by atoms with E-state index in [2.05, 4.69) is 38.1 Å². The molecule has 1 aromatic carbocycles. The van der Waals surface area contributed by atoms with E-state index < -0.39 is 0 Å². The second kappa shape index (κ2) is 6.88.